The minimum atomic E-state index is -1.21. The monoisotopic (exact) mass is 492 g/mol. The molecule has 1 aliphatic rings. The minimum Gasteiger partial charge on any atom is -0.478 e. The van der Waals surface area contributed by atoms with E-state index in [0.717, 1.165) is 11.1 Å². The van der Waals surface area contributed by atoms with Crippen molar-refractivity contribution in [2.24, 2.45) is 0 Å². The van der Waals surface area contributed by atoms with Crippen LogP contribution in [0.3, 0.4) is 0 Å². The Hall–Kier alpha value is -3.84. The number of carboxylic acid groups (broad SMARTS) is 1. The first-order chi connectivity index (χ1) is 17.0. The fourth-order valence-corrected chi connectivity index (χ4v) is 4.56. The van der Waals surface area contributed by atoms with Crippen LogP contribution in [0.5, 0.6) is 0 Å². The summed E-state index contributed by atoms with van der Waals surface area (Å²) in [4.78, 5) is 35.8. The van der Waals surface area contributed by atoms with Gasteiger partial charge in [0.2, 0.25) is 5.91 Å². The molecule has 1 aliphatic carbocycles. The Morgan fingerprint density at radius 3 is 2.20 bits per heavy atom. The van der Waals surface area contributed by atoms with E-state index in [-0.39, 0.29) is 41.1 Å². The number of fused-ring (bicyclic) bond motifs is 3. The summed E-state index contributed by atoms with van der Waals surface area (Å²) < 4.78 is 5.50. The van der Waals surface area contributed by atoms with Gasteiger partial charge < -0.3 is 20.5 Å². The molecular formula is C27H25ClN2O5. The summed E-state index contributed by atoms with van der Waals surface area (Å²) in [7, 11) is 0. The Morgan fingerprint density at radius 2 is 1.54 bits per heavy atom. The Balaban J connectivity index is 1.19. The molecule has 0 unspecified atom stereocenters. The third-order valence-electron chi connectivity index (χ3n) is 5.95. The topological polar surface area (TPSA) is 105 Å². The van der Waals surface area contributed by atoms with Crippen molar-refractivity contribution >= 4 is 35.3 Å². The van der Waals surface area contributed by atoms with Crippen LogP contribution in [-0.2, 0) is 9.53 Å². The van der Waals surface area contributed by atoms with Crippen molar-refractivity contribution in [3.05, 3.63) is 88.4 Å². The molecule has 2 amide bonds. The molecule has 8 heteroatoms. The maximum absolute atomic E-state index is 12.2. The third-order valence-corrected chi connectivity index (χ3v) is 6.26. The highest BCUT2D eigenvalue weighted by atomic mass is 35.5. The fourth-order valence-electron chi connectivity index (χ4n) is 4.31. The lowest BCUT2D eigenvalue weighted by molar-refractivity contribution is -0.116. The van der Waals surface area contributed by atoms with Gasteiger partial charge in [0.1, 0.15) is 12.2 Å². The van der Waals surface area contributed by atoms with Crippen molar-refractivity contribution < 1.29 is 24.2 Å². The first-order valence-electron chi connectivity index (χ1n) is 11.4. The van der Waals surface area contributed by atoms with Gasteiger partial charge in [-0.15, -0.1) is 0 Å². The molecule has 7 nitrogen and oxygen atoms in total. The molecule has 0 saturated carbocycles. The zero-order chi connectivity index (χ0) is 24.8. The summed E-state index contributed by atoms with van der Waals surface area (Å²) in [5.74, 6) is -1.53. The molecule has 35 heavy (non-hydrogen) atoms. The van der Waals surface area contributed by atoms with E-state index in [0.29, 0.717) is 19.4 Å². The first-order valence-corrected chi connectivity index (χ1v) is 11.7. The molecule has 0 aliphatic heterocycles. The molecular weight excluding hydrogens is 468 g/mol. The van der Waals surface area contributed by atoms with Gasteiger partial charge in [-0.3, -0.25) is 4.79 Å². The van der Waals surface area contributed by atoms with Gasteiger partial charge in [-0.2, -0.15) is 0 Å². The van der Waals surface area contributed by atoms with Gasteiger partial charge >= 0.3 is 12.1 Å². The van der Waals surface area contributed by atoms with E-state index in [2.05, 4.69) is 34.9 Å². The molecule has 0 aromatic heterocycles. The summed E-state index contributed by atoms with van der Waals surface area (Å²) in [6, 6.07) is 20.8. The first kappa shape index (κ1) is 24.3. The largest absolute Gasteiger partial charge is 0.478 e. The van der Waals surface area contributed by atoms with Crippen molar-refractivity contribution in [1.29, 1.82) is 0 Å². The number of carbonyl (C=O) groups excluding carboxylic acids is 2. The van der Waals surface area contributed by atoms with Gasteiger partial charge in [0, 0.05) is 18.9 Å². The van der Waals surface area contributed by atoms with Crippen molar-refractivity contribution in [3.63, 3.8) is 0 Å². The summed E-state index contributed by atoms with van der Waals surface area (Å²) in [6.07, 6.45) is 0.761. The molecule has 0 saturated heterocycles. The number of rotatable bonds is 9. The molecule has 0 bridgehead atoms. The fraction of sp³-hybridized carbons (Fsp3) is 0.222. The van der Waals surface area contributed by atoms with Crippen LogP contribution in [0.4, 0.5) is 10.5 Å². The van der Waals surface area contributed by atoms with E-state index in [4.69, 9.17) is 16.3 Å². The standard InChI is InChI=1S/C27H25ClN2O5/c28-22-12-7-13-23(25(22)26(32)33)30-24(31)14-5-6-15-29-27(34)35-16-21-19-10-3-1-8-17(19)18-9-2-4-11-20(18)21/h1-4,7-13,21H,5-6,14-16H2,(H,29,34)(H,30,31)(H,32,33). The van der Waals surface area contributed by atoms with Crippen molar-refractivity contribution in [2.45, 2.75) is 25.2 Å². The van der Waals surface area contributed by atoms with Crippen LogP contribution >= 0.6 is 11.6 Å². The van der Waals surface area contributed by atoms with E-state index in [1.165, 1.54) is 23.3 Å². The van der Waals surface area contributed by atoms with E-state index in [1.807, 2.05) is 24.3 Å². The second-order valence-electron chi connectivity index (χ2n) is 8.23. The number of alkyl carbamates (subject to hydrolysis) is 1. The van der Waals surface area contributed by atoms with E-state index in [1.54, 1.807) is 6.07 Å². The number of carbonyl (C=O) groups is 3. The van der Waals surface area contributed by atoms with Crippen LogP contribution in [-0.4, -0.2) is 36.2 Å². The minimum absolute atomic E-state index is 0.000899. The van der Waals surface area contributed by atoms with Gasteiger partial charge in [0.15, 0.2) is 0 Å². The van der Waals surface area contributed by atoms with Crippen LogP contribution in [0.1, 0.15) is 46.7 Å². The van der Waals surface area contributed by atoms with Crippen LogP contribution in [0.15, 0.2) is 66.7 Å². The van der Waals surface area contributed by atoms with Crippen LogP contribution in [0.25, 0.3) is 11.1 Å². The molecule has 3 aromatic carbocycles. The van der Waals surface area contributed by atoms with Crippen LogP contribution in [0.2, 0.25) is 5.02 Å². The predicted octanol–water partition coefficient (Wildman–Crippen LogP) is 5.69. The number of nitrogens with one attached hydrogen (secondary N) is 2. The summed E-state index contributed by atoms with van der Waals surface area (Å²) >= 11 is 5.92. The number of amides is 2. The molecule has 0 radical (unpaired) electrons. The van der Waals surface area contributed by atoms with Gasteiger partial charge in [0.25, 0.3) is 0 Å². The number of ether oxygens (including phenoxy) is 1. The number of anilines is 1. The highest BCUT2D eigenvalue weighted by Gasteiger charge is 2.28. The summed E-state index contributed by atoms with van der Waals surface area (Å²) in [5.41, 5.74) is 4.66. The quantitative estimate of drug-likeness (QED) is 0.333. The number of halogens is 1. The zero-order valence-corrected chi connectivity index (χ0v) is 19.7. The second kappa shape index (κ2) is 11.1. The van der Waals surface area contributed by atoms with Crippen LogP contribution < -0.4 is 10.6 Å². The Bertz CT molecular complexity index is 1210. The Kier molecular flexibility index (Phi) is 7.67. The van der Waals surface area contributed by atoms with E-state index >= 15 is 0 Å². The molecule has 4 rings (SSSR count). The molecule has 0 spiro atoms. The lowest BCUT2D eigenvalue weighted by Crippen LogP contribution is -2.27. The van der Waals surface area contributed by atoms with Gasteiger partial charge in [-0.25, -0.2) is 9.59 Å². The Morgan fingerprint density at radius 1 is 0.886 bits per heavy atom. The van der Waals surface area contributed by atoms with Crippen molar-refractivity contribution in [2.75, 3.05) is 18.5 Å². The van der Waals surface area contributed by atoms with Crippen molar-refractivity contribution in [3.8, 4) is 11.1 Å². The van der Waals surface area contributed by atoms with Crippen molar-refractivity contribution in [1.82, 2.24) is 5.32 Å². The average molecular weight is 493 g/mol. The second-order valence-corrected chi connectivity index (χ2v) is 8.63. The molecule has 180 valence electrons. The summed E-state index contributed by atoms with van der Waals surface area (Å²) in [5, 5.41) is 14.6. The molecule has 3 N–H and O–H groups in total. The smallest absolute Gasteiger partial charge is 0.407 e. The number of benzene rings is 3. The lowest BCUT2D eigenvalue weighted by atomic mass is 9.98. The average Bonchev–Trinajstić information content (AvgIpc) is 3.16. The highest BCUT2D eigenvalue weighted by molar-refractivity contribution is 6.34. The molecule has 0 fully saturated rings. The number of unbranched alkanes of at least 4 members (excludes halogenated alkanes) is 1. The predicted molar refractivity (Wildman–Crippen MR) is 134 cm³/mol. The maximum atomic E-state index is 12.2. The van der Waals surface area contributed by atoms with Crippen LogP contribution in [0, 0.1) is 0 Å². The number of hydrogen-bond donors (Lipinski definition) is 3. The number of hydrogen-bond acceptors (Lipinski definition) is 4. The Labute approximate surface area is 208 Å². The zero-order valence-electron chi connectivity index (χ0n) is 18.9. The SMILES string of the molecule is O=C(CCCCNC(=O)OCC1c2ccccc2-c2ccccc21)Nc1cccc(Cl)c1C(=O)O. The molecule has 0 atom stereocenters. The summed E-state index contributed by atoms with van der Waals surface area (Å²) in [6.45, 7) is 0.606. The van der Waals surface area contributed by atoms with Gasteiger partial charge in [-0.1, -0.05) is 66.2 Å². The lowest BCUT2D eigenvalue weighted by Gasteiger charge is -2.14. The van der Waals surface area contributed by atoms with E-state index < -0.39 is 12.1 Å². The van der Waals surface area contributed by atoms with Gasteiger partial charge in [-0.05, 0) is 47.2 Å². The number of carboxylic acids is 1. The normalized spacial score (nSPS) is 11.9. The third kappa shape index (κ3) is 5.63. The van der Waals surface area contributed by atoms with E-state index in [9.17, 15) is 19.5 Å². The maximum Gasteiger partial charge on any atom is 0.407 e. The van der Waals surface area contributed by atoms with Gasteiger partial charge in [0.05, 0.1) is 10.7 Å². The molecule has 0 heterocycles. The molecule has 3 aromatic rings. The number of aromatic carboxylic acids is 1. The highest BCUT2D eigenvalue weighted by Crippen LogP contribution is 2.44.